The van der Waals surface area contributed by atoms with E-state index in [9.17, 15) is 23.1 Å². The minimum atomic E-state index is -4.51. The molecule has 1 unspecified atom stereocenters. The van der Waals surface area contributed by atoms with Gasteiger partial charge in [-0.05, 0) is 67.5 Å². The number of fused-ring (bicyclic) bond motifs is 1. The Hall–Kier alpha value is -2.17. The lowest BCUT2D eigenvalue weighted by Crippen LogP contribution is -2.14. The number of ether oxygens (including phenoxy) is 1. The number of carbonyl (C=O) groups excluding carboxylic acids is 1. The number of thiol groups is 1. The average molecular weight is 571 g/mol. The van der Waals surface area contributed by atoms with Crippen LogP contribution in [0.25, 0.3) is 10.9 Å². The van der Waals surface area contributed by atoms with Crippen molar-refractivity contribution in [2.45, 2.75) is 43.8 Å². The number of carbonyl (C=O) groups is 1. The number of nitrogens with zero attached hydrogens (tertiary/aromatic N) is 2. The van der Waals surface area contributed by atoms with Gasteiger partial charge in [-0.3, -0.25) is 0 Å². The monoisotopic (exact) mass is 570 g/mol. The van der Waals surface area contributed by atoms with Crippen LogP contribution in [0.15, 0.2) is 34.8 Å². The van der Waals surface area contributed by atoms with Gasteiger partial charge in [0.15, 0.2) is 0 Å². The van der Waals surface area contributed by atoms with Crippen molar-refractivity contribution in [3.05, 3.63) is 62.8 Å². The number of halogens is 4. The molecule has 0 spiro atoms. The third kappa shape index (κ3) is 4.93. The van der Waals surface area contributed by atoms with Crippen LogP contribution in [-0.4, -0.2) is 41.2 Å². The van der Waals surface area contributed by atoms with Crippen LogP contribution in [0.3, 0.4) is 0 Å². The molecule has 1 atom stereocenters. The number of rotatable bonds is 7. The van der Waals surface area contributed by atoms with Crippen LogP contribution >= 0.6 is 28.6 Å². The van der Waals surface area contributed by atoms with Crippen molar-refractivity contribution in [2.75, 3.05) is 20.7 Å². The fourth-order valence-electron chi connectivity index (χ4n) is 4.44. The average Bonchev–Trinajstić information content (AvgIpc) is 3.57. The van der Waals surface area contributed by atoms with Crippen molar-refractivity contribution in [1.82, 2.24) is 9.47 Å². The van der Waals surface area contributed by atoms with Gasteiger partial charge in [0.2, 0.25) is 0 Å². The Kier molecular flexibility index (Phi) is 7.19. The van der Waals surface area contributed by atoms with Gasteiger partial charge in [0.25, 0.3) is 0 Å². The van der Waals surface area contributed by atoms with E-state index >= 15 is 0 Å². The van der Waals surface area contributed by atoms with E-state index in [1.54, 1.807) is 19.1 Å². The second-order valence-electron chi connectivity index (χ2n) is 8.93. The molecule has 35 heavy (non-hydrogen) atoms. The van der Waals surface area contributed by atoms with Crippen molar-refractivity contribution >= 4 is 45.4 Å². The number of aromatic hydroxyl groups is 1. The molecule has 1 aliphatic carbocycles. The molecule has 0 saturated heterocycles. The second-order valence-corrected chi connectivity index (χ2v) is 10.3. The Labute approximate surface area is 215 Å². The molecule has 1 aliphatic rings. The number of aromatic nitrogens is 1. The number of phenols is 1. The molecule has 1 heterocycles. The summed E-state index contributed by atoms with van der Waals surface area (Å²) in [5.74, 6) is -0.592. The minimum Gasteiger partial charge on any atom is -0.506 e. The molecule has 188 valence electrons. The van der Waals surface area contributed by atoms with Gasteiger partial charge in [-0.25, -0.2) is 4.79 Å². The van der Waals surface area contributed by atoms with Crippen molar-refractivity contribution < 1.29 is 27.8 Å². The molecule has 0 bridgehead atoms. The van der Waals surface area contributed by atoms with Crippen molar-refractivity contribution in [2.24, 2.45) is 0 Å². The maximum atomic E-state index is 13.4. The van der Waals surface area contributed by atoms with Crippen molar-refractivity contribution in [3.63, 3.8) is 0 Å². The molecule has 3 aromatic rings. The molecule has 2 aromatic carbocycles. The maximum Gasteiger partial charge on any atom is 0.416 e. The molecule has 0 amide bonds. The Bertz CT molecular complexity index is 1290. The number of esters is 1. The summed E-state index contributed by atoms with van der Waals surface area (Å²) >= 11 is 8.20. The maximum absolute atomic E-state index is 13.4. The summed E-state index contributed by atoms with van der Waals surface area (Å²) in [5, 5.41) is 10.6. The minimum absolute atomic E-state index is 0.00558. The summed E-state index contributed by atoms with van der Waals surface area (Å²) in [6.45, 7) is 2.15. The SMILES string of the molecule is CCOC(=O)c1c(C(S)c2cccc(C(F)(F)F)c2)n(C2CC2)c2cc(Br)c(O)c(CN(C)C)c12. The van der Waals surface area contributed by atoms with Gasteiger partial charge < -0.3 is 19.3 Å². The van der Waals surface area contributed by atoms with Gasteiger partial charge in [-0.15, -0.1) is 0 Å². The van der Waals surface area contributed by atoms with Crippen LogP contribution in [-0.2, 0) is 17.5 Å². The summed E-state index contributed by atoms with van der Waals surface area (Å²) in [6, 6.07) is 6.81. The van der Waals surface area contributed by atoms with Gasteiger partial charge in [0.05, 0.1) is 38.7 Å². The molecule has 1 fully saturated rings. The zero-order chi connectivity index (χ0) is 25.7. The van der Waals surface area contributed by atoms with E-state index < -0.39 is 23.0 Å². The zero-order valence-electron chi connectivity index (χ0n) is 19.5. The van der Waals surface area contributed by atoms with E-state index in [0.717, 1.165) is 25.0 Å². The quantitative estimate of drug-likeness (QED) is 0.244. The summed E-state index contributed by atoms with van der Waals surface area (Å²) < 4.78 is 48.2. The van der Waals surface area contributed by atoms with E-state index in [4.69, 9.17) is 17.4 Å². The normalized spacial score (nSPS) is 15.1. The van der Waals surface area contributed by atoms with Crippen molar-refractivity contribution in [1.29, 1.82) is 0 Å². The third-order valence-corrected chi connectivity index (χ3v) is 7.16. The highest BCUT2D eigenvalue weighted by molar-refractivity contribution is 9.10. The first-order valence-electron chi connectivity index (χ1n) is 11.2. The Morgan fingerprint density at radius 1 is 1.31 bits per heavy atom. The van der Waals surface area contributed by atoms with E-state index in [2.05, 4.69) is 15.9 Å². The van der Waals surface area contributed by atoms with Crippen LogP contribution in [0.4, 0.5) is 13.2 Å². The van der Waals surface area contributed by atoms with Gasteiger partial charge >= 0.3 is 12.1 Å². The first-order valence-corrected chi connectivity index (χ1v) is 12.5. The fraction of sp³-hybridized carbons (Fsp3) is 0.400. The highest BCUT2D eigenvalue weighted by atomic mass is 79.9. The molecular weight excluding hydrogens is 545 g/mol. The molecule has 5 nitrogen and oxygen atoms in total. The van der Waals surface area contributed by atoms with Crippen LogP contribution in [0, 0.1) is 0 Å². The molecule has 1 N–H and O–H groups in total. The Morgan fingerprint density at radius 2 is 2.00 bits per heavy atom. The van der Waals surface area contributed by atoms with Crippen LogP contribution in [0.5, 0.6) is 5.75 Å². The first-order chi connectivity index (χ1) is 16.5. The Balaban J connectivity index is 2.07. The number of hydrogen-bond acceptors (Lipinski definition) is 5. The number of phenolic OH excluding ortho intramolecular Hbond substituents is 1. The van der Waals surface area contributed by atoms with Crippen molar-refractivity contribution in [3.8, 4) is 5.75 Å². The van der Waals surface area contributed by atoms with E-state index in [1.165, 1.54) is 6.07 Å². The molecule has 0 radical (unpaired) electrons. The number of hydrogen-bond donors (Lipinski definition) is 2. The fourth-order valence-corrected chi connectivity index (χ4v) is 5.31. The smallest absolute Gasteiger partial charge is 0.416 e. The van der Waals surface area contributed by atoms with Gasteiger partial charge in [0, 0.05) is 23.5 Å². The lowest BCUT2D eigenvalue weighted by molar-refractivity contribution is -0.137. The predicted octanol–water partition coefficient (Wildman–Crippen LogP) is 6.72. The molecule has 1 saturated carbocycles. The van der Waals surface area contributed by atoms with E-state index in [-0.39, 0.29) is 24.0 Å². The molecule has 4 rings (SSSR count). The van der Waals surface area contributed by atoms with Gasteiger partial charge in [-0.1, -0.05) is 18.2 Å². The third-order valence-electron chi connectivity index (χ3n) is 6.01. The Morgan fingerprint density at radius 3 is 2.57 bits per heavy atom. The molecule has 0 aliphatic heterocycles. The second kappa shape index (κ2) is 9.71. The number of benzene rings is 2. The standard InChI is InChI=1S/C25H26BrF3N2O3S/c1-4-34-24(33)20-19-16(12-30(2)3)22(32)17(26)11-18(19)31(15-8-9-15)21(20)23(35)13-6-5-7-14(10-13)25(27,28)29/h5-7,10-11,15,23,32,35H,4,8-9,12H2,1-3H3. The van der Waals surface area contributed by atoms with Gasteiger partial charge in [0.1, 0.15) is 5.75 Å². The topological polar surface area (TPSA) is 54.7 Å². The lowest BCUT2D eigenvalue weighted by atomic mass is 9.99. The molecule has 10 heteroatoms. The lowest BCUT2D eigenvalue weighted by Gasteiger charge is -2.19. The largest absolute Gasteiger partial charge is 0.506 e. The number of alkyl halides is 3. The van der Waals surface area contributed by atoms with Crippen LogP contribution in [0.2, 0.25) is 0 Å². The van der Waals surface area contributed by atoms with E-state index in [0.29, 0.717) is 38.7 Å². The summed E-state index contributed by atoms with van der Waals surface area (Å²) in [7, 11) is 3.69. The van der Waals surface area contributed by atoms with Crippen LogP contribution < -0.4 is 0 Å². The summed E-state index contributed by atoms with van der Waals surface area (Å²) in [6.07, 6.45) is -2.78. The van der Waals surface area contributed by atoms with Crippen LogP contribution in [0.1, 0.15) is 63.8 Å². The predicted molar refractivity (Wildman–Crippen MR) is 135 cm³/mol. The summed E-state index contributed by atoms with van der Waals surface area (Å²) in [5.41, 5.74) is 1.48. The van der Waals surface area contributed by atoms with Gasteiger partial charge in [-0.2, -0.15) is 25.8 Å². The highest BCUT2D eigenvalue weighted by Crippen LogP contribution is 2.49. The molecular formula is C25H26BrF3N2O3S. The first kappa shape index (κ1) is 25.9. The summed E-state index contributed by atoms with van der Waals surface area (Å²) in [4.78, 5) is 15.2. The zero-order valence-corrected chi connectivity index (χ0v) is 22.0. The highest BCUT2D eigenvalue weighted by Gasteiger charge is 2.38. The molecule has 1 aromatic heterocycles. The van der Waals surface area contributed by atoms with E-state index in [1.807, 2.05) is 23.6 Å².